The van der Waals surface area contributed by atoms with Crippen molar-refractivity contribution in [1.29, 1.82) is 4.78 Å². The number of carbonyl (C=O) groups excluding carboxylic acids is 1. The second-order valence-corrected chi connectivity index (χ2v) is 8.59. The Morgan fingerprint density at radius 1 is 1.57 bits per heavy atom. The summed E-state index contributed by atoms with van der Waals surface area (Å²) in [7, 11) is -2.65. The van der Waals surface area contributed by atoms with Crippen molar-refractivity contribution in [3.63, 3.8) is 0 Å². The third kappa shape index (κ3) is 3.94. The van der Waals surface area contributed by atoms with Gasteiger partial charge in [0.2, 0.25) is 5.43 Å². The fraction of sp³-hybridized carbons (Fsp3) is 0.538. The van der Waals surface area contributed by atoms with Gasteiger partial charge >= 0.3 is 0 Å². The molecule has 1 saturated carbocycles. The van der Waals surface area contributed by atoms with Gasteiger partial charge in [0.15, 0.2) is 0 Å². The number of halogens is 1. The Hall–Kier alpha value is -1.15. The molecule has 0 radical (unpaired) electrons. The number of hydrogen-bond donors (Lipinski definition) is 2. The molecule has 2 rings (SSSR count). The quantitative estimate of drug-likeness (QED) is 0.819. The zero-order valence-corrected chi connectivity index (χ0v) is 14.3. The standard InChI is InChI=1S/C13H18BrN3O3S/c1-8-11(14)12(18)10(7-17(8)9-3-4-9)13(19)16-5-6-21(2,15)20/h7,9,15H,3-6H2,1-2H3,(H,16,19). The molecule has 1 fully saturated rings. The molecule has 0 aliphatic heterocycles. The van der Waals surface area contributed by atoms with Gasteiger partial charge < -0.3 is 9.88 Å². The Morgan fingerprint density at radius 2 is 2.19 bits per heavy atom. The third-order valence-corrected chi connectivity index (χ3v) is 5.30. The van der Waals surface area contributed by atoms with Crippen molar-refractivity contribution in [2.24, 2.45) is 0 Å². The van der Waals surface area contributed by atoms with E-state index in [0.717, 1.165) is 18.5 Å². The van der Waals surface area contributed by atoms with Crippen LogP contribution in [0.15, 0.2) is 15.5 Å². The number of carbonyl (C=O) groups is 1. The Morgan fingerprint density at radius 3 is 2.71 bits per heavy atom. The largest absolute Gasteiger partial charge is 0.351 e. The van der Waals surface area contributed by atoms with Gasteiger partial charge in [0.25, 0.3) is 5.91 Å². The van der Waals surface area contributed by atoms with E-state index in [-0.39, 0.29) is 23.3 Å². The van der Waals surface area contributed by atoms with Crippen LogP contribution in [0.2, 0.25) is 0 Å². The first-order valence-electron chi connectivity index (χ1n) is 6.61. The van der Waals surface area contributed by atoms with E-state index in [1.807, 2.05) is 11.5 Å². The highest BCUT2D eigenvalue weighted by Gasteiger charge is 2.27. The second-order valence-electron chi connectivity index (χ2n) is 5.37. The average molecular weight is 376 g/mol. The molecule has 8 heteroatoms. The lowest BCUT2D eigenvalue weighted by molar-refractivity contribution is 0.0954. The Balaban J connectivity index is 2.23. The van der Waals surface area contributed by atoms with E-state index < -0.39 is 15.6 Å². The number of nitrogens with one attached hydrogen (secondary N) is 2. The molecular formula is C13H18BrN3O3S. The molecule has 1 amide bonds. The zero-order valence-electron chi connectivity index (χ0n) is 11.9. The van der Waals surface area contributed by atoms with Crippen LogP contribution in [-0.4, -0.2) is 33.2 Å². The van der Waals surface area contributed by atoms with Gasteiger partial charge in [0, 0.05) is 46.2 Å². The second kappa shape index (κ2) is 5.92. The fourth-order valence-electron chi connectivity index (χ4n) is 2.04. The first kappa shape index (κ1) is 16.2. The van der Waals surface area contributed by atoms with Gasteiger partial charge in [-0.15, -0.1) is 0 Å². The van der Waals surface area contributed by atoms with Crippen LogP contribution in [0.3, 0.4) is 0 Å². The number of hydrogen-bond acceptors (Lipinski definition) is 4. The molecule has 1 unspecified atom stereocenters. The number of rotatable bonds is 5. The van der Waals surface area contributed by atoms with Crippen LogP contribution >= 0.6 is 15.9 Å². The number of nitrogens with zero attached hydrogens (tertiary/aromatic N) is 1. The van der Waals surface area contributed by atoms with E-state index >= 15 is 0 Å². The maximum Gasteiger partial charge on any atom is 0.256 e. The molecule has 116 valence electrons. The first-order chi connectivity index (χ1) is 9.70. The van der Waals surface area contributed by atoms with Crippen LogP contribution in [0.5, 0.6) is 0 Å². The van der Waals surface area contributed by atoms with Crippen LogP contribution in [0.25, 0.3) is 0 Å². The van der Waals surface area contributed by atoms with Crippen LogP contribution < -0.4 is 10.7 Å². The van der Waals surface area contributed by atoms with E-state index in [1.165, 1.54) is 6.26 Å². The summed E-state index contributed by atoms with van der Waals surface area (Å²) in [5.74, 6) is -0.415. The van der Waals surface area contributed by atoms with Crippen molar-refractivity contribution >= 4 is 31.6 Å². The molecule has 2 N–H and O–H groups in total. The molecule has 0 saturated heterocycles. The lowest BCUT2D eigenvalue weighted by atomic mass is 10.2. The molecule has 1 aliphatic rings. The normalized spacial score (nSPS) is 17.3. The van der Waals surface area contributed by atoms with Crippen molar-refractivity contribution < 1.29 is 9.00 Å². The lowest BCUT2D eigenvalue weighted by Gasteiger charge is -2.13. The van der Waals surface area contributed by atoms with Gasteiger partial charge in [-0.1, -0.05) is 0 Å². The molecule has 0 bridgehead atoms. The summed E-state index contributed by atoms with van der Waals surface area (Å²) >= 11 is 3.26. The van der Waals surface area contributed by atoms with E-state index in [4.69, 9.17) is 4.78 Å². The minimum absolute atomic E-state index is 0.0720. The Labute approximate surface area is 132 Å². The third-order valence-electron chi connectivity index (χ3n) is 3.38. The predicted molar refractivity (Wildman–Crippen MR) is 85.4 cm³/mol. The molecule has 0 aromatic carbocycles. The summed E-state index contributed by atoms with van der Waals surface area (Å²) in [6.45, 7) is 1.96. The topological polar surface area (TPSA) is 92.0 Å². The summed E-state index contributed by atoms with van der Waals surface area (Å²) in [5, 5.41) is 2.56. The first-order valence-corrected chi connectivity index (χ1v) is 9.54. The van der Waals surface area contributed by atoms with E-state index in [2.05, 4.69) is 21.2 Å². The van der Waals surface area contributed by atoms with Gasteiger partial charge in [-0.05, 0) is 35.7 Å². The Kier molecular flexibility index (Phi) is 4.57. The smallest absolute Gasteiger partial charge is 0.256 e. The van der Waals surface area contributed by atoms with Crippen LogP contribution in [0, 0.1) is 11.7 Å². The summed E-state index contributed by atoms with van der Waals surface area (Å²) in [6.07, 6.45) is 5.02. The lowest BCUT2D eigenvalue weighted by Crippen LogP contribution is -2.33. The van der Waals surface area contributed by atoms with Crippen molar-refractivity contribution in [2.75, 3.05) is 18.6 Å². The van der Waals surface area contributed by atoms with Gasteiger partial charge in [-0.3, -0.25) is 18.6 Å². The minimum atomic E-state index is -2.65. The molecule has 1 aromatic rings. The number of aromatic nitrogens is 1. The van der Waals surface area contributed by atoms with Crippen molar-refractivity contribution in [3.8, 4) is 0 Å². The van der Waals surface area contributed by atoms with E-state index in [1.54, 1.807) is 6.20 Å². The summed E-state index contributed by atoms with van der Waals surface area (Å²) < 4.78 is 20.9. The molecule has 6 nitrogen and oxygen atoms in total. The highest BCUT2D eigenvalue weighted by Crippen LogP contribution is 2.36. The maximum atomic E-state index is 12.2. The van der Waals surface area contributed by atoms with Crippen molar-refractivity contribution in [3.05, 3.63) is 32.2 Å². The average Bonchev–Trinajstić information content (AvgIpc) is 3.19. The molecule has 1 aliphatic carbocycles. The van der Waals surface area contributed by atoms with Crippen molar-refractivity contribution in [1.82, 2.24) is 9.88 Å². The summed E-state index contributed by atoms with van der Waals surface area (Å²) in [4.78, 5) is 24.3. The maximum absolute atomic E-state index is 12.2. The van der Waals surface area contributed by atoms with E-state index in [9.17, 15) is 13.8 Å². The van der Waals surface area contributed by atoms with Gasteiger partial charge in [0.1, 0.15) is 5.56 Å². The molecular weight excluding hydrogens is 358 g/mol. The van der Waals surface area contributed by atoms with Gasteiger partial charge in [-0.25, -0.2) is 0 Å². The summed E-state index contributed by atoms with van der Waals surface area (Å²) in [6, 6.07) is 0.357. The molecule has 21 heavy (non-hydrogen) atoms. The fourth-order valence-corrected chi connectivity index (χ4v) is 2.95. The van der Waals surface area contributed by atoms with Crippen molar-refractivity contribution in [2.45, 2.75) is 25.8 Å². The monoisotopic (exact) mass is 375 g/mol. The van der Waals surface area contributed by atoms with Crippen LogP contribution in [0.1, 0.15) is 34.9 Å². The predicted octanol–water partition coefficient (Wildman–Crippen LogP) is 1.66. The highest BCUT2D eigenvalue weighted by molar-refractivity contribution is 9.10. The minimum Gasteiger partial charge on any atom is -0.351 e. The van der Waals surface area contributed by atoms with E-state index in [0.29, 0.717) is 10.5 Å². The SMILES string of the molecule is Cc1c(Br)c(=O)c(C(=O)NCCS(C)(=N)=O)cn1C1CC1. The zero-order chi connectivity index (χ0) is 15.8. The molecule has 0 spiro atoms. The summed E-state index contributed by atoms with van der Waals surface area (Å²) in [5.41, 5.74) is 0.554. The van der Waals surface area contributed by atoms with Crippen LogP contribution in [-0.2, 0) is 9.73 Å². The van der Waals surface area contributed by atoms with Gasteiger partial charge in [-0.2, -0.15) is 0 Å². The number of amides is 1. The Bertz CT molecular complexity index is 736. The highest BCUT2D eigenvalue weighted by atomic mass is 79.9. The van der Waals surface area contributed by atoms with Crippen LogP contribution in [0.4, 0.5) is 0 Å². The van der Waals surface area contributed by atoms with Gasteiger partial charge in [0.05, 0.1) is 4.47 Å². The molecule has 1 heterocycles. The number of pyridine rings is 1. The molecule has 1 aromatic heterocycles. The molecule has 1 atom stereocenters.